The minimum absolute atomic E-state index is 0.735. The lowest BCUT2D eigenvalue weighted by atomic mass is 10.1. The van der Waals surface area contributed by atoms with Crippen LogP contribution >= 0.6 is 11.3 Å². The maximum atomic E-state index is 5.64. The first kappa shape index (κ1) is 9.98. The van der Waals surface area contributed by atoms with E-state index in [4.69, 9.17) is 10.5 Å². The first-order valence-corrected chi connectivity index (χ1v) is 5.38. The summed E-state index contributed by atoms with van der Waals surface area (Å²) in [5, 5.41) is 1.68. The summed E-state index contributed by atoms with van der Waals surface area (Å²) in [6, 6.07) is 5.99. The number of thiazole rings is 1. The van der Waals surface area contributed by atoms with E-state index < -0.39 is 0 Å². The van der Waals surface area contributed by atoms with E-state index in [0.29, 0.717) is 0 Å². The fraction of sp³-hybridized carbons (Fsp3) is 0.182. The summed E-state index contributed by atoms with van der Waals surface area (Å²) in [4.78, 5) is 4.24. The number of methoxy groups -OCH3 is 1. The lowest BCUT2D eigenvalue weighted by Gasteiger charge is -2.05. The molecule has 0 saturated carbocycles. The Morgan fingerprint density at radius 3 is 2.73 bits per heavy atom. The van der Waals surface area contributed by atoms with E-state index in [1.54, 1.807) is 13.3 Å². The number of hydrogen-bond acceptors (Lipinski definition) is 4. The van der Waals surface area contributed by atoms with Crippen molar-refractivity contribution < 1.29 is 4.74 Å². The average molecular weight is 220 g/mol. The number of aryl methyl sites for hydroxylation is 1. The van der Waals surface area contributed by atoms with Crippen LogP contribution in [0.3, 0.4) is 0 Å². The summed E-state index contributed by atoms with van der Waals surface area (Å²) >= 11 is 1.49. The van der Waals surface area contributed by atoms with Crippen molar-refractivity contribution in [2.45, 2.75) is 6.92 Å². The number of nitrogen functional groups attached to an aromatic ring is 1. The third-order valence-corrected chi connectivity index (χ3v) is 3.04. The quantitative estimate of drug-likeness (QED) is 0.846. The van der Waals surface area contributed by atoms with Crippen molar-refractivity contribution >= 4 is 16.3 Å². The lowest BCUT2D eigenvalue weighted by molar-refractivity contribution is 0.412. The Bertz CT molecular complexity index is 479. The molecule has 15 heavy (non-hydrogen) atoms. The summed E-state index contributed by atoms with van der Waals surface area (Å²) < 4.78 is 5.20. The lowest BCUT2D eigenvalue weighted by Crippen LogP contribution is -1.87. The average Bonchev–Trinajstić information content (AvgIpc) is 2.65. The van der Waals surface area contributed by atoms with Gasteiger partial charge in [0.15, 0.2) is 0 Å². The number of benzene rings is 1. The van der Waals surface area contributed by atoms with Crippen molar-refractivity contribution in [3.8, 4) is 16.3 Å². The highest BCUT2D eigenvalue weighted by atomic mass is 32.1. The van der Waals surface area contributed by atoms with Gasteiger partial charge in [-0.25, -0.2) is 4.98 Å². The summed E-state index contributed by atoms with van der Waals surface area (Å²) in [5.41, 5.74) is 7.82. The van der Waals surface area contributed by atoms with Crippen molar-refractivity contribution in [1.82, 2.24) is 4.98 Å². The second-order valence-corrected chi connectivity index (χ2v) is 4.31. The first-order chi connectivity index (χ1) is 7.20. The van der Waals surface area contributed by atoms with E-state index in [2.05, 4.69) is 11.1 Å². The maximum Gasteiger partial charge on any atom is 0.125 e. The van der Waals surface area contributed by atoms with Gasteiger partial charge in [-0.1, -0.05) is 11.3 Å². The van der Waals surface area contributed by atoms with Gasteiger partial charge in [0.25, 0.3) is 0 Å². The molecule has 0 atom stereocenters. The molecule has 4 heteroatoms. The number of hydrogen-bond donors (Lipinski definition) is 1. The van der Waals surface area contributed by atoms with Crippen LogP contribution in [0.25, 0.3) is 10.6 Å². The largest absolute Gasteiger partial charge is 0.496 e. The third kappa shape index (κ3) is 1.94. The van der Waals surface area contributed by atoms with Crippen LogP contribution in [0.5, 0.6) is 5.75 Å². The number of ether oxygens (including phenoxy) is 1. The molecule has 1 heterocycles. The Hall–Kier alpha value is -1.55. The molecule has 0 bridgehead atoms. The minimum Gasteiger partial charge on any atom is -0.496 e. The maximum absolute atomic E-state index is 5.64. The van der Waals surface area contributed by atoms with Crippen LogP contribution in [0.1, 0.15) is 5.56 Å². The van der Waals surface area contributed by atoms with Gasteiger partial charge in [-0.2, -0.15) is 0 Å². The molecule has 0 aliphatic rings. The normalized spacial score (nSPS) is 10.3. The fourth-order valence-electron chi connectivity index (χ4n) is 1.43. The highest BCUT2D eigenvalue weighted by Crippen LogP contribution is 2.29. The number of anilines is 1. The Kier molecular flexibility index (Phi) is 2.60. The third-order valence-electron chi connectivity index (χ3n) is 2.17. The van der Waals surface area contributed by atoms with Crippen LogP contribution in [0.4, 0.5) is 5.00 Å². The molecule has 0 aliphatic carbocycles. The number of aromatic nitrogens is 1. The van der Waals surface area contributed by atoms with Gasteiger partial charge in [0.2, 0.25) is 0 Å². The van der Waals surface area contributed by atoms with Gasteiger partial charge < -0.3 is 10.5 Å². The van der Waals surface area contributed by atoms with E-state index in [-0.39, 0.29) is 0 Å². The zero-order valence-corrected chi connectivity index (χ0v) is 9.47. The standard InChI is InChI=1S/C11H12N2OS/c1-7-5-8(3-4-9(7)14-2)11-13-6-10(12)15-11/h3-6H,12H2,1-2H3. The Balaban J connectivity index is 2.42. The summed E-state index contributed by atoms with van der Waals surface area (Å²) in [7, 11) is 1.67. The van der Waals surface area contributed by atoms with E-state index >= 15 is 0 Å². The number of nitrogens with zero attached hydrogens (tertiary/aromatic N) is 1. The smallest absolute Gasteiger partial charge is 0.125 e. The molecule has 0 spiro atoms. The van der Waals surface area contributed by atoms with E-state index in [0.717, 1.165) is 26.9 Å². The van der Waals surface area contributed by atoms with Gasteiger partial charge in [-0.05, 0) is 30.7 Å². The van der Waals surface area contributed by atoms with Crippen molar-refractivity contribution in [3.05, 3.63) is 30.0 Å². The van der Waals surface area contributed by atoms with Crippen LogP contribution in [0, 0.1) is 6.92 Å². The molecule has 1 aromatic heterocycles. The molecule has 0 fully saturated rings. The van der Waals surface area contributed by atoms with Crippen molar-refractivity contribution in [2.75, 3.05) is 12.8 Å². The second-order valence-electron chi connectivity index (χ2n) is 3.25. The van der Waals surface area contributed by atoms with Crippen LogP contribution in [-0.4, -0.2) is 12.1 Å². The highest BCUT2D eigenvalue weighted by Gasteiger charge is 2.05. The second kappa shape index (κ2) is 3.90. The van der Waals surface area contributed by atoms with E-state index in [1.807, 2.05) is 19.1 Å². The molecule has 3 nitrogen and oxygen atoms in total. The molecular formula is C11H12N2OS. The zero-order chi connectivity index (χ0) is 10.8. The van der Waals surface area contributed by atoms with Crippen molar-refractivity contribution in [1.29, 1.82) is 0 Å². The number of rotatable bonds is 2. The zero-order valence-electron chi connectivity index (χ0n) is 8.65. The van der Waals surface area contributed by atoms with Crippen molar-refractivity contribution in [3.63, 3.8) is 0 Å². The Labute approximate surface area is 92.5 Å². The number of nitrogens with two attached hydrogens (primary N) is 1. The van der Waals surface area contributed by atoms with Gasteiger partial charge >= 0.3 is 0 Å². The topological polar surface area (TPSA) is 48.1 Å². The van der Waals surface area contributed by atoms with E-state index in [1.165, 1.54) is 11.3 Å². The van der Waals surface area contributed by atoms with Crippen LogP contribution < -0.4 is 10.5 Å². The molecular weight excluding hydrogens is 208 g/mol. The van der Waals surface area contributed by atoms with Crippen LogP contribution in [0.15, 0.2) is 24.4 Å². The monoisotopic (exact) mass is 220 g/mol. The highest BCUT2D eigenvalue weighted by molar-refractivity contribution is 7.18. The summed E-state index contributed by atoms with van der Waals surface area (Å²) in [6.45, 7) is 2.01. The molecule has 0 unspecified atom stereocenters. The molecule has 2 aromatic rings. The molecule has 0 amide bonds. The molecule has 0 radical (unpaired) electrons. The SMILES string of the molecule is COc1ccc(-c2ncc(N)s2)cc1C. The van der Waals surface area contributed by atoms with Gasteiger partial charge in [0.1, 0.15) is 15.8 Å². The summed E-state index contributed by atoms with van der Waals surface area (Å²) in [5.74, 6) is 0.892. The van der Waals surface area contributed by atoms with Gasteiger partial charge in [-0.15, -0.1) is 0 Å². The van der Waals surface area contributed by atoms with Crippen LogP contribution in [0.2, 0.25) is 0 Å². The molecule has 1 aromatic carbocycles. The van der Waals surface area contributed by atoms with Gasteiger partial charge in [-0.3, -0.25) is 0 Å². The summed E-state index contributed by atoms with van der Waals surface area (Å²) in [6.07, 6.45) is 1.68. The van der Waals surface area contributed by atoms with Crippen molar-refractivity contribution in [2.24, 2.45) is 0 Å². The van der Waals surface area contributed by atoms with Crippen LogP contribution in [-0.2, 0) is 0 Å². The minimum atomic E-state index is 0.735. The molecule has 2 rings (SSSR count). The predicted octanol–water partition coefficient (Wildman–Crippen LogP) is 2.71. The molecule has 0 saturated heterocycles. The molecule has 0 aliphatic heterocycles. The Morgan fingerprint density at radius 2 is 2.20 bits per heavy atom. The first-order valence-electron chi connectivity index (χ1n) is 4.57. The molecule has 78 valence electrons. The van der Waals surface area contributed by atoms with E-state index in [9.17, 15) is 0 Å². The van der Waals surface area contributed by atoms with Gasteiger partial charge in [0, 0.05) is 5.56 Å². The predicted molar refractivity (Wildman–Crippen MR) is 63.3 cm³/mol. The Morgan fingerprint density at radius 1 is 1.40 bits per heavy atom. The fourth-order valence-corrected chi connectivity index (χ4v) is 2.11. The van der Waals surface area contributed by atoms with Gasteiger partial charge in [0.05, 0.1) is 13.3 Å². The molecule has 2 N–H and O–H groups in total.